The first-order chi connectivity index (χ1) is 14.5. The Morgan fingerprint density at radius 1 is 0.833 bits per heavy atom. The molecule has 0 unspecified atom stereocenters. The third kappa shape index (κ3) is 2.87. The zero-order valence-electron chi connectivity index (χ0n) is 16.1. The number of carbonyl (C=O) groups is 4. The number of hydrogen-bond acceptors (Lipinski definition) is 5. The van der Waals surface area contributed by atoms with Crippen molar-refractivity contribution in [1.29, 1.82) is 0 Å². The quantitative estimate of drug-likeness (QED) is 0.333. The second-order valence-electron chi connectivity index (χ2n) is 7.92. The number of fused-ring (bicyclic) bond motifs is 5. The van der Waals surface area contributed by atoms with E-state index in [-0.39, 0.29) is 53.4 Å². The molecular formula is C24H19NO5. The number of anilines is 1. The zero-order valence-corrected chi connectivity index (χ0v) is 16.1. The Morgan fingerprint density at radius 2 is 1.43 bits per heavy atom. The molecule has 2 fully saturated rings. The van der Waals surface area contributed by atoms with Crippen LogP contribution in [-0.4, -0.2) is 30.2 Å². The van der Waals surface area contributed by atoms with Gasteiger partial charge in [-0.3, -0.25) is 19.3 Å². The first kappa shape index (κ1) is 18.5. The second kappa shape index (κ2) is 7.06. The molecule has 6 heteroatoms. The Balaban J connectivity index is 1.26. The summed E-state index contributed by atoms with van der Waals surface area (Å²) < 4.78 is 5.10. The molecule has 0 radical (unpaired) electrons. The molecule has 1 saturated carbocycles. The van der Waals surface area contributed by atoms with Gasteiger partial charge in [-0.25, -0.2) is 4.79 Å². The van der Waals surface area contributed by atoms with E-state index >= 15 is 0 Å². The minimum atomic E-state index is -0.635. The predicted octanol–water partition coefficient (Wildman–Crippen LogP) is 3.04. The van der Waals surface area contributed by atoms with Gasteiger partial charge in [0.25, 0.3) is 0 Å². The molecule has 2 amide bonds. The molecule has 30 heavy (non-hydrogen) atoms. The summed E-state index contributed by atoms with van der Waals surface area (Å²) >= 11 is 0. The van der Waals surface area contributed by atoms with Gasteiger partial charge in [-0.15, -0.1) is 0 Å². The molecule has 0 N–H and O–H groups in total. The van der Waals surface area contributed by atoms with Crippen LogP contribution in [0.4, 0.5) is 5.69 Å². The van der Waals surface area contributed by atoms with Gasteiger partial charge in [-0.2, -0.15) is 0 Å². The van der Waals surface area contributed by atoms with E-state index in [2.05, 4.69) is 12.2 Å². The van der Waals surface area contributed by atoms with Crippen molar-refractivity contribution in [3.8, 4) is 0 Å². The molecule has 2 aromatic rings. The van der Waals surface area contributed by atoms with Crippen molar-refractivity contribution in [3.05, 3.63) is 77.9 Å². The summed E-state index contributed by atoms with van der Waals surface area (Å²) in [5.41, 5.74) is 1.18. The number of carbonyl (C=O) groups excluding carboxylic acids is 4. The number of benzene rings is 2. The van der Waals surface area contributed by atoms with Crippen LogP contribution in [0.3, 0.4) is 0 Å². The topological polar surface area (TPSA) is 80.8 Å². The van der Waals surface area contributed by atoms with E-state index in [4.69, 9.17) is 4.74 Å². The Hall–Kier alpha value is -3.54. The molecular weight excluding hydrogens is 382 g/mol. The molecule has 150 valence electrons. The van der Waals surface area contributed by atoms with Crippen molar-refractivity contribution in [2.24, 2.45) is 23.7 Å². The molecule has 1 heterocycles. The van der Waals surface area contributed by atoms with Crippen LogP contribution in [0.2, 0.25) is 0 Å². The normalized spacial score (nSPS) is 26.2. The van der Waals surface area contributed by atoms with Crippen molar-refractivity contribution >= 4 is 29.3 Å². The Kier molecular flexibility index (Phi) is 4.35. The number of ether oxygens (including phenoxy) is 1. The van der Waals surface area contributed by atoms with Crippen LogP contribution in [0.1, 0.15) is 27.1 Å². The highest BCUT2D eigenvalue weighted by atomic mass is 16.5. The fourth-order valence-electron chi connectivity index (χ4n) is 4.83. The van der Waals surface area contributed by atoms with Crippen molar-refractivity contribution in [1.82, 2.24) is 0 Å². The number of allylic oxidation sites excluding steroid dienone is 2. The number of amides is 2. The van der Waals surface area contributed by atoms with E-state index in [1.165, 1.54) is 17.0 Å². The van der Waals surface area contributed by atoms with Crippen LogP contribution in [0.15, 0.2) is 66.7 Å². The van der Waals surface area contributed by atoms with Crippen LogP contribution < -0.4 is 4.90 Å². The van der Waals surface area contributed by atoms with Crippen LogP contribution >= 0.6 is 0 Å². The fraction of sp³-hybridized carbons (Fsp3) is 0.250. The summed E-state index contributed by atoms with van der Waals surface area (Å²) in [7, 11) is 0. The van der Waals surface area contributed by atoms with Gasteiger partial charge in [0, 0.05) is 5.56 Å². The van der Waals surface area contributed by atoms with Crippen molar-refractivity contribution in [2.75, 3.05) is 11.5 Å². The predicted molar refractivity (Wildman–Crippen MR) is 108 cm³/mol. The van der Waals surface area contributed by atoms with Crippen molar-refractivity contribution in [3.63, 3.8) is 0 Å². The average molecular weight is 401 g/mol. The van der Waals surface area contributed by atoms with E-state index in [1.54, 1.807) is 42.5 Å². The second-order valence-corrected chi connectivity index (χ2v) is 7.92. The van der Waals surface area contributed by atoms with Gasteiger partial charge in [0.15, 0.2) is 12.4 Å². The van der Waals surface area contributed by atoms with Gasteiger partial charge < -0.3 is 4.74 Å². The highest BCUT2D eigenvalue weighted by Crippen LogP contribution is 2.53. The van der Waals surface area contributed by atoms with E-state index in [0.717, 1.165) is 6.42 Å². The number of ketones is 1. The minimum absolute atomic E-state index is 0.151. The van der Waals surface area contributed by atoms with Crippen LogP contribution in [-0.2, 0) is 14.3 Å². The monoisotopic (exact) mass is 401 g/mol. The summed E-state index contributed by atoms with van der Waals surface area (Å²) in [5.74, 6) is -1.47. The van der Waals surface area contributed by atoms with Crippen molar-refractivity contribution < 1.29 is 23.9 Å². The summed E-state index contributed by atoms with van der Waals surface area (Å²) in [6, 6.07) is 14.8. The van der Waals surface area contributed by atoms with E-state index < -0.39 is 5.97 Å². The summed E-state index contributed by atoms with van der Waals surface area (Å²) in [6.45, 7) is -0.354. The van der Waals surface area contributed by atoms with E-state index in [1.807, 2.05) is 0 Å². The van der Waals surface area contributed by atoms with Crippen LogP contribution in [0.5, 0.6) is 0 Å². The molecule has 4 atom stereocenters. The lowest BCUT2D eigenvalue weighted by Crippen LogP contribution is -2.32. The minimum Gasteiger partial charge on any atom is -0.454 e. The SMILES string of the molecule is O=C(COC(=O)c1ccc(N2C(=O)[C@H]3[C@H](C2=O)[C@H]2C=C[C@H]3C2)cc1)c1ccccc1. The molecule has 0 aromatic heterocycles. The van der Waals surface area contributed by atoms with Gasteiger partial charge in [-0.1, -0.05) is 42.5 Å². The lowest BCUT2D eigenvalue weighted by molar-refractivity contribution is -0.123. The number of rotatable bonds is 5. The summed E-state index contributed by atoms with van der Waals surface area (Å²) in [5, 5.41) is 0. The number of Topliss-reactive ketones (excluding diaryl/α,β-unsaturated/α-hetero) is 1. The highest BCUT2D eigenvalue weighted by molar-refractivity contribution is 6.22. The number of esters is 1. The molecule has 2 bridgehead atoms. The largest absolute Gasteiger partial charge is 0.454 e. The molecule has 5 rings (SSSR count). The maximum Gasteiger partial charge on any atom is 0.338 e. The number of nitrogens with zero attached hydrogens (tertiary/aromatic N) is 1. The average Bonchev–Trinajstić information content (AvgIpc) is 3.46. The van der Waals surface area contributed by atoms with Gasteiger partial charge >= 0.3 is 5.97 Å². The molecule has 6 nitrogen and oxygen atoms in total. The Bertz CT molecular complexity index is 1040. The first-order valence-electron chi connectivity index (χ1n) is 9.96. The molecule has 2 aliphatic carbocycles. The van der Waals surface area contributed by atoms with E-state index in [9.17, 15) is 19.2 Å². The molecule has 2 aromatic carbocycles. The lowest BCUT2D eigenvalue weighted by Gasteiger charge is -2.17. The van der Waals surface area contributed by atoms with Crippen LogP contribution in [0, 0.1) is 23.7 Å². The lowest BCUT2D eigenvalue weighted by atomic mass is 9.85. The maximum absolute atomic E-state index is 12.9. The third-order valence-electron chi connectivity index (χ3n) is 6.26. The highest BCUT2D eigenvalue weighted by Gasteiger charge is 2.59. The molecule has 1 saturated heterocycles. The maximum atomic E-state index is 12.9. The summed E-state index contributed by atoms with van der Waals surface area (Å²) in [6.07, 6.45) is 4.99. The third-order valence-corrected chi connectivity index (χ3v) is 6.26. The molecule has 1 aliphatic heterocycles. The Labute approximate surface area is 173 Å². The van der Waals surface area contributed by atoms with E-state index in [0.29, 0.717) is 11.3 Å². The van der Waals surface area contributed by atoms with Gasteiger partial charge in [0.2, 0.25) is 11.8 Å². The van der Waals surface area contributed by atoms with Gasteiger partial charge in [0.05, 0.1) is 23.1 Å². The fourth-order valence-corrected chi connectivity index (χ4v) is 4.83. The standard InChI is InChI=1S/C24H19NO5/c26-19(14-4-2-1-3-5-14)13-30-24(29)15-8-10-18(11-9-15)25-22(27)20-16-6-7-17(12-16)21(20)23(25)28/h1-11,16-17,20-21H,12-13H2/t16-,17-,20+,21+/m0/s1. The summed E-state index contributed by atoms with van der Waals surface area (Å²) in [4.78, 5) is 51.3. The smallest absolute Gasteiger partial charge is 0.338 e. The van der Waals surface area contributed by atoms with Gasteiger partial charge in [0.1, 0.15) is 0 Å². The molecule has 0 spiro atoms. The Morgan fingerprint density at radius 3 is 2.03 bits per heavy atom. The van der Waals surface area contributed by atoms with Crippen molar-refractivity contribution in [2.45, 2.75) is 6.42 Å². The number of imide groups is 1. The zero-order chi connectivity index (χ0) is 20.8. The first-order valence-corrected chi connectivity index (χ1v) is 9.96. The van der Waals surface area contributed by atoms with Crippen LogP contribution in [0.25, 0.3) is 0 Å². The van der Waals surface area contributed by atoms with Gasteiger partial charge in [-0.05, 0) is 42.5 Å². The number of hydrogen-bond donors (Lipinski definition) is 0. The molecule has 3 aliphatic rings.